The molecule has 2 aliphatic carbocycles. The molecule has 1 saturated carbocycles. The van der Waals surface area contributed by atoms with Crippen molar-refractivity contribution in [1.29, 1.82) is 0 Å². The largest absolute Gasteiger partial charge is 0.497 e. The summed E-state index contributed by atoms with van der Waals surface area (Å²) >= 11 is 0. The van der Waals surface area contributed by atoms with Gasteiger partial charge in [0.15, 0.2) is 0 Å². The highest BCUT2D eigenvalue weighted by atomic mass is 16.5. The van der Waals surface area contributed by atoms with Crippen molar-refractivity contribution in [3.05, 3.63) is 29.3 Å². The number of likely N-dealkylation sites (tertiary alicyclic amines) is 1. The summed E-state index contributed by atoms with van der Waals surface area (Å²) in [4.78, 5) is 15.3. The van der Waals surface area contributed by atoms with Crippen LogP contribution in [-0.4, -0.2) is 62.3 Å². The number of ether oxygens (including phenoxy) is 3. The van der Waals surface area contributed by atoms with E-state index < -0.39 is 0 Å². The van der Waals surface area contributed by atoms with E-state index >= 15 is 0 Å². The summed E-state index contributed by atoms with van der Waals surface area (Å²) in [6, 6.07) is 6.73. The van der Waals surface area contributed by atoms with Crippen LogP contribution in [0.15, 0.2) is 18.2 Å². The Bertz CT molecular complexity index is 774. The first-order chi connectivity index (χ1) is 13.6. The SMILES string of the molecule is COc1ccc2c(c1)[C@]13CCN(CC4CCCO4)[C@H](C2)[C@]1(OC)CCC(=O)C3. The number of carbonyl (C=O) groups excluding carboxylic acids is 1. The molecule has 5 nitrogen and oxygen atoms in total. The van der Waals surface area contributed by atoms with Gasteiger partial charge in [-0.05, 0) is 61.9 Å². The van der Waals surface area contributed by atoms with Gasteiger partial charge in [-0.25, -0.2) is 0 Å². The maximum atomic E-state index is 12.7. The third kappa shape index (κ3) is 2.52. The van der Waals surface area contributed by atoms with Crippen molar-refractivity contribution in [1.82, 2.24) is 4.90 Å². The quantitative estimate of drug-likeness (QED) is 0.798. The van der Waals surface area contributed by atoms with Crippen molar-refractivity contribution in [2.75, 3.05) is 33.9 Å². The number of piperidine rings is 1. The monoisotopic (exact) mass is 385 g/mol. The van der Waals surface area contributed by atoms with Crippen molar-refractivity contribution in [2.24, 2.45) is 0 Å². The van der Waals surface area contributed by atoms with Crippen LogP contribution >= 0.6 is 0 Å². The molecular weight excluding hydrogens is 354 g/mol. The number of Topliss-reactive ketones (excluding diaryl/α,β-unsaturated/α-hetero) is 1. The summed E-state index contributed by atoms with van der Waals surface area (Å²) in [5.74, 6) is 1.24. The molecule has 0 radical (unpaired) electrons. The second-order valence-electron chi connectivity index (χ2n) is 9.01. The molecule has 0 amide bonds. The molecule has 2 bridgehead atoms. The zero-order valence-electron chi connectivity index (χ0n) is 17.0. The van der Waals surface area contributed by atoms with Crippen LogP contribution in [0, 0.1) is 0 Å². The highest BCUT2D eigenvalue weighted by molar-refractivity contribution is 5.82. The molecular formula is C23H31NO4. The van der Waals surface area contributed by atoms with Crippen molar-refractivity contribution in [3.63, 3.8) is 0 Å². The number of hydrogen-bond donors (Lipinski definition) is 0. The predicted molar refractivity (Wildman–Crippen MR) is 106 cm³/mol. The van der Waals surface area contributed by atoms with Crippen molar-refractivity contribution in [3.8, 4) is 5.75 Å². The van der Waals surface area contributed by atoms with Crippen molar-refractivity contribution in [2.45, 2.75) is 68.1 Å². The van der Waals surface area contributed by atoms with E-state index in [1.54, 1.807) is 7.11 Å². The summed E-state index contributed by atoms with van der Waals surface area (Å²) in [6.45, 7) is 2.87. The molecule has 1 aromatic carbocycles. The van der Waals surface area contributed by atoms with E-state index in [1.807, 2.05) is 7.11 Å². The topological polar surface area (TPSA) is 48.0 Å². The Kier molecular flexibility index (Phi) is 4.53. The lowest BCUT2D eigenvalue weighted by Crippen LogP contribution is -2.74. The number of methoxy groups -OCH3 is 2. The Morgan fingerprint density at radius 3 is 2.93 bits per heavy atom. The van der Waals surface area contributed by atoms with E-state index in [1.165, 1.54) is 17.5 Å². The van der Waals surface area contributed by atoms with Crippen LogP contribution in [0.3, 0.4) is 0 Å². The highest BCUT2D eigenvalue weighted by Gasteiger charge is 2.65. The van der Waals surface area contributed by atoms with Gasteiger partial charge in [-0.1, -0.05) is 6.07 Å². The van der Waals surface area contributed by atoms with E-state index in [9.17, 15) is 4.79 Å². The van der Waals surface area contributed by atoms with Gasteiger partial charge < -0.3 is 14.2 Å². The Labute approximate surface area is 167 Å². The Morgan fingerprint density at radius 2 is 2.18 bits per heavy atom. The first kappa shape index (κ1) is 18.6. The van der Waals surface area contributed by atoms with Crippen LogP contribution in [0.25, 0.3) is 0 Å². The molecule has 0 spiro atoms. The molecule has 1 aromatic rings. The van der Waals surface area contributed by atoms with Gasteiger partial charge >= 0.3 is 0 Å². The smallest absolute Gasteiger partial charge is 0.134 e. The number of benzene rings is 1. The minimum absolute atomic E-state index is 0.239. The summed E-state index contributed by atoms with van der Waals surface area (Å²) in [5.41, 5.74) is 2.09. The third-order valence-corrected chi connectivity index (χ3v) is 7.96. The molecule has 152 valence electrons. The first-order valence-electron chi connectivity index (χ1n) is 10.7. The van der Waals surface area contributed by atoms with Gasteiger partial charge in [-0.15, -0.1) is 0 Å². The van der Waals surface area contributed by atoms with Crippen LogP contribution in [0.5, 0.6) is 5.75 Å². The first-order valence-corrected chi connectivity index (χ1v) is 10.7. The fraction of sp³-hybridized carbons (Fsp3) is 0.696. The van der Waals surface area contributed by atoms with E-state index in [0.717, 1.165) is 51.1 Å². The van der Waals surface area contributed by atoms with Gasteiger partial charge in [-0.3, -0.25) is 9.69 Å². The van der Waals surface area contributed by atoms with Gasteiger partial charge in [0.1, 0.15) is 11.5 Å². The summed E-state index contributed by atoms with van der Waals surface area (Å²) in [5, 5.41) is 0. The molecule has 5 rings (SSSR count). The standard InChI is InChI=1S/C23H31NO4/c1-26-18-6-5-16-12-21-23(27-2)8-7-17(25)14-22(23,20(16)13-18)9-10-24(21)15-19-4-3-11-28-19/h5-6,13,19,21H,3-4,7-12,14-15H2,1-2H3/t19?,21-,22-,23-/m1/s1. The van der Waals surface area contributed by atoms with Crippen molar-refractivity contribution >= 4 is 5.78 Å². The molecule has 0 N–H and O–H groups in total. The molecule has 0 aromatic heterocycles. The second-order valence-corrected chi connectivity index (χ2v) is 9.01. The number of hydrogen-bond acceptors (Lipinski definition) is 5. The van der Waals surface area contributed by atoms with E-state index in [-0.39, 0.29) is 11.0 Å². The third-order valence-electron chi connectivity index (χ3n) is 7.96. The zero-order chi connectivity index (χ0) is 19.4. The average molecular weight is 386 g/mol. The molecule has 2 saturated heterocycles. The minimum Gasteiger partial charge on any atom is -0.497 e. The van der Waals surface area contributed by atoms with Gasteiger partial charge in [0.2, 0.25) is 0 Å². The molecule has 4 aliphatic rings. The number of rotatable bonds is 4. The molecule has 28 heavy (non-hydrogen) atoms. The summed E-state index contributed by atoms with van der Waals surface area (Å²) in [7, 11) is 3.57. The van der Waals surface area contributed by atoms with Crippen LogP contribution in [0.2, 0.25) is 0 Å². The molecule has 2 aliphatic heterocycles. The predicted octanol–water partition coefficient (Wildman–Crippen LogP) is 2.88. The fourth-order valence-electron chi connectivity index (χ4n) is 6.68. The molecule has 2 heterocycles. The van der Waals surface area contributed by atoms with Crippen LogP contribution in [0.4, 0.5) is 0 Å². The van der Waals surface area contributed by atoms with E-state index in [2.05, 4.69) is 23.1 Å². The Hall–Kier alpha value is -1.43. The Balaban J connectivity index is 1.61. The number of ketones is 1. The van der Waals surface area contributed by atoms with Gasteiger partial charge in [0, 0.05) is 44.6 Å². The van der Waals surface area contributed by atoms with Gasteiger partial charge in [0.05, 0.1) is 18.8 Å². The minimum atomic E-state index is -0.308. The van der Waals surface area contributed by atoms with Crippen LogP contribution < -0.4 is 4.74 Å². The van der Waals surface area contributed by atoms with Crippen molar-refractivity contribution < 1.29 is 19.0 Å². The average Bonchev–Trinajstić information content (AvgIpc) is 3.22. The molecule has 3 fully saturated rings. The van der Waals surface area contributed by atoms with Gasteiger partial charge in [-0.2, -0.15) is 0 Å². The highest BCUT2D eigenvalue weighted by Crippen LogP contribution is 2.59. The number of nitrogens with zero attached hydrogens (tertiary/aromatic N) is 1. The lowest BCUT2D eigenvalue weighted by Gasteiger charge is -2.65. The molecule has 4 atom stereocenters. The normalized spacial score (nSPS) is 37.4. The number of carbonyl (C=O) groups is 1. The van der Waals surface area contributed by atoms with E-state index in [4.69, 9.17) is 14.2 Å². The lowest BCUT2D eigenvalue weighted by molar-refractivity contribution is -0.190. The van der Waals surface area contributed by atoms with Crippen LogP contribution in [0.1, 0.15) is 49.7 Å². The summed E-state index contributed by atoms with van der Waals surface area (Å²) < 4.78 is 17.9. The van der Waals surface area contributed by atoms with Crippen LogP contribution in [-0.2, 0) is 26.1 Å². The lowest BCUT2D eigenvalue weighted by atomic mass is 9.49. The molecule has 1 unspecified atom stereocenters. The zero-order valence-corrected chi connectivity index (χ0v) is 17.0. The van der Waals surface area contributed by atoms with E-state index in [0.29, 0.717) is 30.8 Å². The maximum Gasteiger partial charge on any atom is 0.134 e. The fourth-order valence-corrected chi connectivity index (χ4v) is 6.68. The second kappa shape index (κ2) is 6.82. The molecule has 5 heteroatoms. The summed E-state index contributed by atoms with van der Waals surface area (Å²) in [6.07, 6.45) is 6.60. The maximum absolute atomic E-state index is 12.7. The number of fused-ring (bicyclic) bond motifs is 1. The Morgan fingerprint density at radius 1 is 1.29 bits per heavy atom. The van der Waals surface area contributed by atoms with Gasteiger partial charge in [0.25, 0.3) is 0 Å².